The van der Waals surface area contributed by atoms with Gasteiger partial charge < -0.3 is 10.7 Å². The van der Waals surface area contributed by atoms with Crippen LogP contribution in [0.5, 0.6) is 0 Å². The topological polar surface area (TPSA) is 85.5 Å². The number of nitriles is 1. The van der Waals surface area contributed by atoms with Gasteiger partial charge in [0.25, 0.3) is 0 Å². The molecule has 5 nitrogen and oxygen atoms in total. The lowest BCUT2D eigenvalue weighted by Gasteiger charge is -2.13. The van der Waals surface area contributed by atoms with Gasteiger partial charge in [-0.3, -0.25) is 0 Å². The zero-order valence-electron chi connectivity index (χ0n) is 8.90. The van der Waals surface area contributed by atoms with Crippen LogP contribution >= 0.6 is 0 Å². The van der Waals surface area contributed by atoms with E-state index in [0.717, 1.165) is 12.8 Å². The number of hydrogen-bond acceptors (Lipinski definition) is 5. The third-order valence-corrected chi connectivity index (χ3v) is 2.77. The van der Waals surface area contributed by atoms with Gasteiger partial charge in [0.15, 0.2) is 0 Å². The highest BCUT2D eigenvalue weighted by atomic mass is 15.1. The van der Waals surface area contributed by atoms with Crippen LogP contribution in [0.1, 0.15) is 37.1 Å². The van der Waals surface area contributed by atoms with E-state index in [-0.39, 0.29) is 5.82 Å². The molecule has 0 spiro atoms. The zero-order chi connectivity index (χ0) is 11.4. The molecule has 0 atom stereocenters. The minimum absolute atomic E-state index is 0.145. The first-order valence-electron chi connectivity index (χ1n) is 5.37. The van der Waals surface area contributed by atoms with Crippen molar-refractivity contribution in [1.82, 2.24) is 9.97 Å². The summed E-state index contributed by atoms with van der Waals surface area (Å²) in [5.74, 6) is 0.750. The van der Waals surface area contributed by atoms with Crippen molar-refractivity contribution in [2.45, 2.75) is 31.7 Å². The number of hydrogen-bond donors (Lipinski definition) is 2. The van der Waals surface area contributed by atoms with Crippen LogP contribution in [0.25, 0.3) is 0 Å². The highest BCUT2D eigenvalue weighted by molar-refractivity contribution is 5.83. The normalized spacial score (nSPS) is 15.7. The van der Waals surface area contributed by atoms with Gasteiger partial charge in [-0.15, -0.1) is 0 Å². The zero-order valence-corrected chi connectivity index (χ0v) is 8.90. The minimum atomic E-state index is 0.145. The maximum Gasteiger partial charge on any atom is 0.234 e. The molecule has 0 unspecified atom stereocenters. The molecular formula is C11H13N5. The number of aromatic nitrogens is 2. The van der Waals surface area contributed by atoms with Gasteiger partial charge in [0.2, 0.25) is 5.82 Å². The summed E-state index contributed by atoms with van der Waals surface area (Å²) in [6.45, 7) is 0. The molecule has 1 aliphatic rings. The van der Waals surface area contributed by atoms with E-state index in [4.69, 9.17) is 10.7 Å². The van der Waals surface area contributed by atoms with Crippen LogP contribution in [-0.2, 0) is 0 Å². The maximum absolute atomic E-state index is 8.73. The van der Waals surface area contributed by atoms with Crippen molar-refractivity contribution in [1.29, 1.82) is 10.7 Å². The van der Waals surface area contributed by atoms with Crippen molar-refractivity contribution in [3.05, 3.63) is 17.6 Å². The second-order valence-corrected chi connectivity index (χ2v) is 3.88. The van der Waals surface area contributed by atoms with Crippen LogP contribution in [-0.4, -0.2) is 22.2 Å². The molecule has 0 saturated heterocycles. The molecule has 5 heteroatoms. The monoisotopic (exact) mass is 215 g/mol. The average molecular weight is 215 g/mol. The first-order chi connectivity index (χ1) is 7.83. The van der Waals surface area contributed by atoms with E-state index in [0.29, 0.717) is 17.4 Å². The molecule has 0 aliphatic heterocycles. The minimum Gasteiger partial charge on any atom is -0.367 e. The fourth-order valence-corrected chi connectivity index (χ4v) is 1.93. The van der Waals surface area contributed by atoms with Gasteiger partial charge >= 0.3 is 0 Å². The Labute approximate surface area is 94.0 Å². The van der Waals surface area contributed by atoms with E-state index < -0.39 is 0 Å². The fourth-order valence-electron chi connectivity index (χ4n) is 1.93. The summed E-state index contributed by atoms with van der Waals surface area (Å²) < 4.78 is 0. The Morgan fingerprint density at radius 2 is 2.25 bits per heavy atom. The largest absolute Gasteiger partial charge is 0.367 e. The SMILES string of the molecule is N#Cc1ncc(C=N)c(NC2CCCC2)n1. The van der Waals surface area contributed by atoms with E-state index in [1.807, 2.05) is 6.07 Å². The van der Waals surface area contributed by atoms with Crippen molar-refractivity contribution < 1.29 is 0 Å². The Balaban J connectivity index is 2.22. The summed E-state index contributed by atoms with van der Waals surface area (Å²) >= 11 is 0. The highest BCUT2D eigenvalue weighted by Crippen LogP contribution is 2.22. The average Bonchev–Trinajstić information content (AvgIpc) is 2.82. The Hall–Kier alpha value is -1.96. The lowest BCUT2D eigenvalue weighted by Crippen LogP contribution is -2.17. The van der Waals surface area contributed by atoms with Gasteiger partial charge in [-0.25, -0.2) is 9.97 Å². The van der Waals surface area contributed by atoms with Crippen molar-refractivity contribution >= 4 is 12.0 Å². The Bertz CT molecular complexity index is 428. The van der Waals surface area contributed by atoms with E-state index in [2.05, 4.69) is 15.3 Å². The summed E-state index contributed by atoms with van der Waals surface area (Å²) in [7, 11) is 0. The van der Waals surface area contributed by atoms with Crippen molar-refractivity contribution in [3.8, 4) is 6.07 Å². The molecule has 1 aromatic rings. The maximum atomic E-state index is 8.73. The Morgan fingerprint density at radius 1 is 1.50 bits per heavy atom. The molecule has 16 heavy (non-hydrogen) atoms. The van der Waals surface area contributed by atoms with Crippen molar-refractivity contribution in [3.63, 3.8) is 0 Å². The van der Waals surface area contributed by atoms with Crippen molar-refractivity contribution in [2.24, 2.45) is 0 Å². The number of rotatable bonds is 3. The van der Waals surface area contributed by atoms with Crippen LogP contribution in [0, 0.1) is 16.7 Å². The predicted octanol–water partition coefficient (Wildman–Crippen LogP) is 1.70. The summed E-state index contributed by atoms with van der Waals surface area (Å²) in [6.07, 6.45) is 7.43. The second kappa shape index (κ2) is 4.71. The van der Waals surface area contributed by atoms with Gasteiger partial charge in [-0.2, -0.15) is 5.26 Å². The number of nitrogens with zero attached hydrogens (tertiary/aromatic N) is 3. The third-order valence-electron chi connectivity index (χ3n) is 2.77. The van der Waals surface area contributed by atoms with Crippen LogP contribution in [0.4, 0.5) is 5.82 Å². The lowest BCUT2D eigenvalue weighted by molar-refractivity contribution is 0.749. The van der Waals surface area contributed by atoms with Crippen molar-refractivity contribution in [2.75, 3.05) is 5.32 Å². The number of nitrogens with one attached hydrogen (secondary N) is 2. The van der Waals surface area contributed by atoms with Gasteiger partial charge in [0.05, 0.1) is 5.56 Å². The standard InChI is InChI=1S/C11H13N5/c12-5-8-7-14-10(6-13)16-11(8)15-9-3-1-2-4-9/h5,7,9,12H,1-4H2,(H,14,15,16). The molecule has 1 aromatic heterocycles. The predicted molar refractivity (Wildman–Crippen MR) is 60.5 cm³/mol. The molecular weight excluding hydrogens is 202 g/mol. The summed E-state index contributed by atoms with van der Waals surface area (Å²) in [4.78, 5) is 7.93. The van der Waals surface area contributed by atoms with Gasteiger partial charge in [0, 0.05) is 18.5 Å². The molecule has 0 radical (unpaired) electrons. The van der Waals surface area contributed by atoms with Crippen LogP contribution in [0.3, 0.4) is 0 Å². The molecule has 2 N–H and O–H groups in total. The summed E-state index contributed by atoms with van der Waals surface area (Å²) in [5, 5.41) is 19.3. The fraction of sp³-hybridized carbons (Fsp3) is 0.455. The van der Waals surface area contributed by atoms with Gasteiger partial charge in [-0.1, -0.05) is 12.8 Å². The molecule has 1 aliphatic carbocycles. The molecule has 1 fully saturated rings. The van der Waals surface area contributed by atoms with Gasteiger partial charge in [-0.05, 0) is 12.8 Å². The highest BCUT2D eigenvalue weighted by Gasteiger charge is 2.16. The quantitative estimate of drug-likeness (QED) is 0.751. The molecule has 1 saturated carbocycles. The number of anilines is 1. The molecule has 0 bridgehead atoms. The van der Waals surface area contributed by atoms with Crippen LogP contribution in [0.15, 0.2) is 6.20 Å². The molecule has 0 aromatic carbocycles. The third kappa shape index (κ3) is 2.16. The van der Waals surface area contributed by atoms with Crippen LogP contribution < -0.4 is 5.32 Å². The Kier molecular flexibility index (Phi) is 3.10. The van der Waals surface area contributed by atoms with Gasteiger partial charge in [0.1, 0.15) is 11.9 Å². The van der Waals surface area contributed by atoms with E-state index in [1.54, 1.807) is 0 Å². The van der Waals surface area contributed by atoms with E-state index >= 15 is 0 Å². The molecule has 2 rings (SSSR count). The lowest BCUT2D eigenvalue weighted by atomic mass is 10.2. The summed E-state index contributed by atoms with van der Waals surface area (Å²) in [6, 6.07) is 2.32. The smallest absolute Gasteiger partial charge is 0.234 e. The van der Waals surface area contributed by atoms with Crippen LogP contribution in [0.2, 0.25) is 0 Å². The molecule has 0 amide bonds. The Morgan fingerprint density at radius 3 is 2.88 bits per heavy atom. The van der Waals surface area contributed by atoms with E-state index in [9.17, 15) is 0 Å². The first-order valence-corrected chi connectivity index (χ1v) is 5.37. The van der Waals surface area contributed by atoms with E-state index in [1.165, 1.54) is 25.3 Å². The molecule has 82 valence electrons. The second-order valence-electron chi connectivity index (χ2n) is 3.88. The summed E-state index contributed by atoms with van der Waals surface area (Å²) in [5.41, 5.74) is 0.630. The molecule has 1 heterocycles. The first kappa shape index (κ1) is 10.6.